The molecule has 0 amide bonds. The maximum absolute atomic E-state index is 5.99. The third-order valence-electron chi connectivity index (χ3n) is 4.87. The summed E-state index contributed by atoms with van der Waals surface area (Å²) >= 11 is 1.89. The van der Waals surface area contributed by atoms with E-state index in [4.69, 9.17) is 9.52 Å². The van der Waals surface area contributed by atoms with Crippen molar-refractivity contribution in [1.29, 1.82) is 0 Å². The summed E-state index contributed by atoms with van der Waals surface area (Å²) < 4.78 is 7.82. The average molecular weight is 379 g/mol. The molecule has 4 aromatic rings. The number of aromatic nitrogens is 3. The van der Waals surface area contributed by atoms with Crippen LogP contribution in [0.4, 0.5) is 5.82 Å². The number of benzene rings is 1. The van der Waals surface area contributed by atoms with Gasteiger partial charge in [-0.05, 0) is 50.2 Å². The first-order valence-electron chi connectivity index (χ1n) is 9.24. The highest BCUT2D eigenvalue weighted by Crippen LogP contribution is 2.28. The van der Waals surface area contributed by atoms with Crippen molar-refractivity contribution in [2.24, 2.45) is 0 Å². The Bertz CT molecular complexity index is 1030. The first-order chi connectivity index (χ1) is 13.4. The first-order valence-corrected chi connectivity index (χ1v) is 10.4. The lowest BCUT2D eigenvalue weighted by atomic mass is 10.2. The van der Waals surface area contributed by atoms with Gasteiger partial charge in [-0.3, -0.25) is 4.90 Å². The summed E-state index contributed by atoms with van der Waals surface area (Å²) in [4.78, 5) is 6.95. The van der Waals surface area contributed by atoms with Crippen LogP contribution in [0.3, 0.4) is 0 Å². The maximum Gasteiger partial charge on any atom is 0.155 e. The predicted octanol–water partition coefficient (Wildman–Crippen LogP) is 4.30. The van der Waals surface area contributed by atoms with E-state index in [2.05, 4.69) is 15.2 Å². The second-order valence-electron chi connectivity index (χ2n) is 6.76. The number of imidazole rings is 1. The monoisotopic (exact) mass is 379 g/mol. The third-order valence-corrected chi connectivity index (χ3v) is 5.76. The Kier molecular flexibility index (Phi) is 4.47. The van der Waals surface area contributed by atoms with Crippen LogP contribution in [0, 0.1) is 0 Å². The van der Waals surface area contributed by atoms with E-state index in [1.165, 1.54) is 25.9 Å². The number of anilines is 1. The van der Waals surface area contributed by atoms with Crippen LogP contribution in [0.25, 0.3) is 28.1 Å². The molecule has 4 heterocycles. The van der Waals surface area contributed by atoms with Gasteiger partial charge in [-0.15, -0.1) is 16.9 Å². The maximum atomic E-state index is 5.99. The van der Waals surface area contributed by atoms with Crippen molar-refractivity contribution in [2.75, 3.05) is 30.2 Å². The zero-order chi connectivity index (χ0) is 18.1. The number of nitrogens with zero attached hydrogens (tertiary/aromatic N) is 4. The lowest BCUT2D eigenvalue weighted by molar-refractivity contribution is 0.401. The number of likely N-dealkylation sites (tertiary alicyclic amines) is 1. The van der Waals surface area contributed by atoms with Crippen molar-refractivity contribution in [3.63, 3.8) is 0 Å². The molecule has 1 aliphatic rings. The average Bonchev–Trinajstić information content (AvgIpc) is 3.43. The summed E-state index contributed by atoms with van der Waals surface area (Å²) in [5.41, 5.74) is 2.53. The van der Waals surface area contributed by atoms with Gasteiger partial charge in [0.05, 0.1) is 12.1 Å². The van der Waals surface area contributed by atoms with Gasteiger partial charge in [-0.1, -0.05) is 18.2 Å². The standard InChI is InChI=1S/C20H21N5OS/c1-2-6-17-15(5-1)11-18(26-17)16-12-21-20-8-7-19(23-25(16)20)22-13-27-14-24-9-3-4-10-24/h1-2,5-8,11-12H,3-4,9-10,13-14H2,(H,22,23). The predicted molar refractivity (Wildman–Crippen MR) is 110 cm³/mol. The van der Waals surface area contributed by atoms with Gasteiger partial charge in [0.1, 0.15) is 17.1 Å². The largest absolute Gasteiger partial charge is 0.454 e. The molecule has 0 aliphatic carbocycles. The fourth-order valence-electron chi connectivity index (χ4n) is 3.46. The van der Waals surface area contributed by atoms with E-state index < -0.39 is 0 Å². The Labute approximate surface area is 161 Å². The van der Waals surface area contributed by atoms with Crippen molar-refractivity contribution in [3.8, 4) is 11.5 Å². The number of rotatable bonds is 6. The molecule has 138 valence electrons. The Morgan fingerprint density at radius 2 is 2.00 bits per heavy atom. The second kappa shape index (κ2) is 7.25. The number of para-hydroxylation sites is 1. The van der Waals surface area contributed by atoms with Crippen molar-refractivity contribution in [3.05, 3.63) is 48.7 Å². The molecule has 0 unspecified atom stereocenters. The summed E-state index contributed by atoms with van der Waals surface area (Å²) in [5, 5.41) is 9.19. The lowest BCUT2D eigenvalue weighted by Gasteiger charge is -2.14. The normalized spacial score (nSPS) is 15.1. The topological polar surface area (TPSA) is 58.6 Å². The van der Waals surface area contributed by atoms with Gasteiger partial charge in [-0.25, -0.2) is 9.50 Å². The summed E-state index contributed by atoms with van der Waals surface area (Å²) in [6.07, 6.45) is 4.47. The molecule has 1 N–H and O–H groups in total. The Balaban J connectivity index is 1.34. The van der Waals surface area contributed by atoms with Gasteiger partial charge in [0.25, 0.3) is 0 Å². The number of hydrogen-bond donors (Lipinski definition) is 1. The minimum Gasteiger partial charge on any atom is -0.454 e. The Morgan fingerprint density at radius 3 is 2.89 bits per heavy atom. The molecule has 7 heteroatoms. The molecule has 1 aliphatic heterocycles. The van der Waals surface area contributed by atoms with Gasteiger partial charge in [-0.2, -0.15) is 0 Å². The van der Waals surface area contributed by atoms with Gasteiger partial charge < -0.3 is 9.73 Å². The molecule has 0 atom stereocenters. The smallest absolute Gasteiger partial charge is 0.155 e. The molecule has 0 saturated carbocycles. The molecule has 0 radical (unpaired) electrons. The minimum atomic E-state index is 0.775. The highest BCUT2D eigenvalue weighted by molar-refractivity contribution is 7.99. The molecule has 1 fully saturated rings. The quantitative estimate of drug-likeness (QED) is 0.398. The second-order valence-corrected chi connectivity index (χ2v) is 7.72. The number of nitrogens with one attached hydrogen (secondary N) is 1. The highest BCUT2D eigenvalue weighted by atomic mass is 32.2. The highest BCUT2D eigenvalue weighted by Gasteiger charge is 2.13. The van der Waals surface area contributed by atoms with Crippen LogP contribution in [0.1, 0.15) is 12.8 Å². The van der Waals surface area contributed by atoms with E-state index in [0.29, 0.717) is 0 Å². The molecule has 0 bridgehead atoms. The third kappa shape index (κ3) is 3.40. The molecule has 27 heavy (non-hydrogen) atoms. The lowest BCUT2D eigenvalue weighted by Crippen LogP contribution is -2.19. The van der Waals surface area contributed by atoms with E-state index in [1.54, 1.807) is 0 Å². The molecule has 1 aromatic carbocycles. The van der Waals surface area contributed by atoms with Crippen LogP contribution in [0.15, 0.2) is 53.1 Å². The minimum absolute atomic E-state index is 0.775. The number of thioether (sulfide) groups is 1. The van der Waals surface area contributed by atoms with Crippen LogP contribution in [0.2, 0.25) is 0 Å². The molecule has 5 rings (SSSR count). The Morgan fingerprint density at radius 1 is 1.11 bits per heavy atom. The van der Waals surface area contributed by atoms with E-state index in [1.807, 2.05) is 64.9 Å². The van der Waals surface area contributed by atoms with Crippen LogP contribution >= 0.6 is 11.8 Å². The molecular weight excluding hydrogens is 358 g/mol. The summed E-state index contributed by atoms with van der Waals surface area (Å²) in [6, 6.07) is 14.0. The molecule has 0 spiro atoms. The number of fused-ring (bicyclic) bond motifs is 2. The zero-order valence-electron chi connectivity index (χ0n) is 15.0. The van der Waals surface area contributed by atoms with E-state index >= 15 is 0 Å². The van der Waals surface area contributed by atoms with Crippen molar-refractivity contribution in [2.45, 2.75) is 12.8 Å². The van der Waals surface area contributed by atoms with Gasteiger partial charge >= 0.3 is 0 Å². The van der Waals surface area contributed by atoms with Crippen molar-refractivity contribution >= 4 is 34.2 Å². The van der Waals surface area contributed by atoms with Gasteiger partial charge in [0, 0.05) is 11.3 Å². The SMILES string of the molecule is c1ccc2oc(-c3cnc4ccc(NCSCN5CCCC5)nn34)cc2c1. The fourth-order valence-corrected chi connectivity index (χ4v) is 4.31. The molecule has 3 aromatic heterocycles. The molecular formula is C20H21N5OS. The Hall–Kier alpha value is -2.51. The van der Waals surface area contributed by atoms with E-state index in [9.17, 15) is 0 Å². The number of furan rings is 1. The molecule has 6 nitrogen and oxygen atoms in total. The van der Waals surface area contributed by atoms with Crippen molar-refractivity contribution < 1.29 is 4.42 Å². The van der Waals surface area contributed by atoms with E-state index in [-0.39, 0.29) is 0 Å². The zero-order valence-corrected chi connectivity index (χ0v) is 15.8. The van der Waals surface area contributed by atoms with Crippen molar-refractivity contribution in [1.82, 2.24) is 19.5 Å². The van der Waals surface area contributed by atoms with E-state index in [0.717, 1.165) is 45.6 Å². The first kappa shape index (κ1) is 16.6. The number of hydrogen-bond acceptors (Lipinski definition) is 6. The van der Waals surface area contributed by atoms with Gasteiger partial charge in [0.2, 0.25) is 0 Å². The van der Waals surface area contributed by atoms with Gasteiger partial charge in [0.15, 0.2) is 11.4 Å². The van der Waals surface area contributed by atoms with Crippen LogP contribution < -0.4 is 5.32 Å². The fraction of sp³-hybridized carbons (Fsp3) is 0.300. The van der Waals surface area contributed by atoms with Crippen LogP contribution in [-0.2, 0) is 0 Å². The molecule has 1 saturated heterocycles. The van der Waals surface area contributed by atoms with Crippen LogP contribution in [0.5, 0.6) is 0 Å². The van der Waals surface area contributed by atoms with Crippen LogP contribution in [-0.4, -0.2) is 44.3 Å². The summed E-state index contributed by atoms with van der Waals surface area (Å²) in [7, 11) is 0. The summed E-state index contributed by atoms with van der Waals surface area (Å²) in [6.45, 7) is 2.46. The summed E-state index contributed by atoms with van der Waals surface area (Å²) in [5.74, 6) is 3.53.